The van der Waals surface area contributed by atoms with Gasteiger partial charge in [-0.25, -0.2) is 4.79 Å². The van der Waals surface area contributed by atoms with Gasteiger partial charge in [0, 0.05) is 36.4 Å². The number of hydrogen-bond donors (Lipinski definition) is 14. The number of phenolic OH excluding ortho intramolecular Hbond substituents is 1. The molecule has 1 heterocycles. The number of benzene rings is 2. The maximum absolute atomic E-state index is 14.6. The second kappa shape index (κ2) is 30.5. The lowest BCUT2D eigenvalue weighted by molar-refractivity contribution is -0.142. The van der Waals surface area contributed by atoms with Gasteiger partial charge in [0.05, 0.1) is 13.0 Å². The molecule has 2 aromatic carbocycles. The van der Waals surface area contributed by atoms with Gasteiger partial charge in [0.1, 0.15) is 42.0 Å². The van der Waals surface area contributed by atoms with Crippen LogP contribution in [0.3, 0.4) is 0 Å². The quantitative estimate of drug-likeness (QED) is 0.0337. The number of aromatic nitrogens is 1. The van der Waals surface area contributed by atoms with Gasteiger partial charge < -0.3 is 75.3 Å². The van der Waals surface area contributed by atoms with E-state index in [1.807, 2.05) is 26.0 Å². The van der Waals surface area contributed by atoms with E-state index in [0.29, 0.717) is 24.0 Å². The fraction of sp³-hybridized carbons (Fsp3) is 0.521. The first-order chi connectivity index (χ1) is 33.9. The average Bonchev–Trinajstić information content (AvgIpc) is 3.75. The Morgan fingerprint density at radius 2 is 1.11 bits per heavy atom. The summed E-state index contributed by atoms with van der Waals surface area (Å²) in [6.07, 6.45) is 3.06. The second-order valence-corrected chi connectivity index (χ2v) is 17.5. The molecule has 1 aromatic heterocycles. The summed E-state index contributed by atoms with van der Waals surface area (Å²) in [7, 11) is 0. The molecule has 71 heavy (non-hydrogen) atoms. The summed E-state index contributed by atoms with van der Waals surface area (Å²) in [4.78, 5) is 123. The van der Waals surface area contributed by atoms with Crippen molar-refractivity contribution in [3.05, 3.63) is 65.9 Å². The SMILES string of the molecule is CCC(C)CCC(=O)N[C@H](CC(N)=O)C(=O)N[C@H](Cc1ccc(O)cc1)C(=O)N[C@H](Cc1c[nH]c2ccccc12)C(=O)N[C@H](CCCN)C(=O)N[C@@H](CCCN)C(=O)NCC(=O)N[C@H](CCCN)C(=O)O. The van der Waals surface area contributed by atoms with Crippen molar-refractivity contribution in [3.63, 3.8) is 0 Å². The molecule has 1 unspecified atom stereocenters. The third-order valence-electron chi connectivity index (χ3n) is 11.8. The number of carboxylic acids is 1. The number of phenols is 1. The van der Waals surface area contributed by atoms with Crippen molar-refractivity contribution in [2.24, 2.45) is 28.9 Å². The van der Waals surface area contributed by atoms with Crippen LogP contribution in [0.2, 0.25) is 0 Å². The number of carbonyl (C=O) groups is 9. The minimum Gasteiger partial charge on any atom is -0.508 e. The van der Waals surface area contributed by atoms with Crippen molar-refractivity contribution in [3.8, 4) is 5.75 Å². The zero-order valence-corrected chi connectivity index (χ0v) is 40.4. The molecule has 3 aromatic rings. The molecular weight excluding hydrogens is 921 g/mol. The molecule has 7 atom stereocenters. The van der Waals surface area contributed by atoms with Crippen LogP contribution in [0.4, 0.5) is 0 Å². The first kappa shape index (κ1) is 58.2. The van der Waals surface area contributed by atoms with Gasteiger partial charge in [0.25, 0.3) is 0 Å². The lowest BCUT2D eigenvalue weighted by atomic mass is 10.0. The van der Waals surface area contributed by atoms with E-state index in [1.165, 1.54) is 24.3 Å². The molecule has 3 rings (SSSR count). The molecule has 0 saturated carbocycles. The fourth-order valence-corrected chi connectivity index (χ4v) is 7.45. The molecule has 0 radical (unpaired) electrons. The van der Waals surface area contributed by atoms with Gasteiger partial charge in [-0.2, -0.15) is 0 Å². The Hall–Kier alpha value is -7.11. The number of H-pyrrole nitrogens is 1. The number of amides is 8. The number of hydrogen-bond acceptors (Lipinski definition) is 13. The number of fused-ring (bicyclic) bond motifs is 1. The molecule has 0 saturated heterocycles. The zero-order valence-electron chi connectivity index (χ0n) is 40.4. The summed E-state index contributed by atoms with van der Waals surface area (Å²) in [5, 5.41) is 38.2. The van der Waals surface area contributed by atoms with Crippen molar-refractivity contribution in [2.75, 3.05) is 26.2 Å². The third-order valence-corrected chi connectivity index (χ3v) is 11.8. The Morgan fingerprint density at radius 1 is 0.606 bits per heavy atom. The second-order valence-electron chi connectivity index (χ2n) is 17.5. The van der Waals surface area contributed by atoms with Crippen molar-refractivity contribution in [2.45, 2.75) is 127 Å². The summed E-state index contributed by atoms with van der Waals surface area (Å²) in [5.74, 6) is -7.52. The van der Waals surface area contributed by atoms with Gasteiger partial charge in [0.2, 0.25) is 47.3 Å². The first-order valence-electron chi connectivity index (χ1n) is 23.9. The van der Waals surface area contributed by atoms with E-state index >= 15 is 0 Å². The van der Waals surface area contributed by atoms with Gasteiger partial charge in [-0.1, -0.05) is 50.6 Å². The van der Waals surface area contributed by atoms with Crippen molar-refractivity contribution in [1.82, 2.24) is 42.2 Å². The van der Waals surface area contributed by atoms with E-state index < -0.39 is 102 Å². The molecule has 8 amide bonds. The normalized spacial score (nSPS) is 14.0. The van der Waals surface area contributed by atoms with Crippen LogP contribution in [0, 0.1) is 5.92 Å². The summed E-state index contributed by atoms with van der Waals surface area (Å²) in [6.45, 7) is 3.78. The van der Waals surface area contributed by atoms with E-state index in [2.05, 4.69) is 42.2 Å². The number of aliphatic carboxylic acids is 1. The topological polar surface area (TPSA) is 398 Å². The molecule has 23 nitrogen and oxygen atoms in total. The molecule has 0 bridgehead atoms. The number of aromatic hydroxyl groups is 1. The number of rotatable bonds is 33. The van der Waals surface area contributed by atoms with E-state index in [4.69, 9.17) is 22.9 Å². The maximum Gasteiger partial charge on any atom is 0.326 e. The van der Waals surface area contributed by atoms with Gasteiger partial charge in [-0.3, -0.25) is 38.4 Å². The Bertz CT molecular complexity index is 2260. The van der Waals surface area contributed by atoms with E-state index in [0.717, 1.165) is 17.3 Å². The number of aromatic amines is 1. The highest BCUT2D eigenvalue weighted by molar-refractivity contribution is 5.98. The first-order valence-corrected chi connectivity index (χ1v) is 23.9. The smallest absolute Gasteiger partial charge is 0.326 e. The number of para-hydroxylation sites is 1. The minimum atomic E-state index is -1.46. The zero-order chi connectivity index (χ0) is 52.5. The largest absolute Gasteiger partial charge is 0.508 e. The van der Waals surface area contributed by atoms with Crippen LogP contribution >= 0.6 is 0 Å². The number of carbonyl (C=O) groups excluding carboxylic acids is 8. The lowest BCUT2D eigenvalue weighted by Crippen LogP contribution is -2.60. The summed E-state index contributed by atoms with van der Waals surface area (Å²) < 4.78 is 0. The molecular formula is C48H72N12O11. The summed E-state index contributed by atoms with van der Waals surface area (Å²) in [6, 6.07) is 4.87. The monoisotopic (exact) mass is 993 g/mol. The summed E-state index contributed by atoms with van der Waals surface area (Å²) in [5.41, 5.74) is 24.3. The molecule has 23 heteroatoms. The molecule has 390 valence electrons. The Labute approximate surface area is 412 Å². The molecule has 18 N–H and O–H groups in total. The van der Waals surface area contributed by atoms with Gasteiger partial charge in [0.15, 0.2) is 0 Å². The molecule has 0 aliphatic carbocycles. The number of carboxylic acid groups (broad SMARTS) is 1. The van der Waals surface area contributed by atoms with Crippen LogP contribution in [0.5, 0.6) is 5.75 Å². The third kappa shape index (κ3) is 20.4. The lowest BCUT2D eigenvalue weighted by Gasteiger charge is -2.27. The van der Waals surface area contributed by atoms with Gasteiger partial charge in [-0.05, 0) is 99.8 Å². The van der Waals surface area contributed by atoms with Crippen LogP contribution in [0.25, 0.3) is 10.9 Å². The molecule has 0 fully saturated rings. The standard InChI is InChI=1S/C48H72N12O11/c1-3-28(2)14-19-41(63)56-39(25-40(52)62)47(69)59-37(23-29-15-17-31(61)18-16-29)45(67)60-38(24-30-26-53-33-10-5-4-9-32(30)33)46(68)58-35(12-7-21-50)44(66)57-34(11-6-20-49)43(65)54-27-42(64)55-36(48(70)71)13-8-22-51/h4-5,9-10,15-18,26,28,34-39,53,61H,3,6-8,11-14,19-25,27,49-51H2,1-2H3,(H2,52,62)(H,54,65)(H,55,64)(H,56,63)(H,57,66)(H,58,68)(H,59,69)(H,60,67)(H,70,71)/t28?,34-,35+,36+,37+,38+,39+/m0/s1. The molecule has 0 aliphatic rings. The van der Waals surface area contributed by atoms with E-state index in [9.17, 15) is 53.4 Å². The predicted octanol–water partition coefficient (Wildman–Crippen LogP) is -1.31. The molecule has 0 spiro atoms. The van der Waals surface area contributed by atoms with Gasteiger partial charge in [-0.15, -0.1) is 0 Å². The van der Waals surface area contributed by atoms with Crippen LogP contribution in [0.15, 0.2) is 54.7 Å². The van der Waals surface area contributed by atoms with Crippen LogP contribution in [-0.2, 0) is 56.0 Å². The highest BCUT2D eigenvalue weighted by atomic mass is 16.4. The minimum absolute atomic E-state index is 0.0152. The van der Waals surface area contributed by atoms with Crippen LogP contribution in [-0.4, -0.2) is 131 Å². The highest BCUT2D eigenvalue weighted by Crippen LogP contribution is 2.20. The number of primary amides is 1. The summed E-state index contributed by atoms with van der Waals surface area (Å²) >= 11 is 0. The predicted molar refractivity (Wildman–Crippen MR) is 263 cm³/mol. The fourth-order valence-electron chi connectivity index (χ4n) is 7.45. The average molecular weight is 993 g/mol. The van der Waals surface area contributed by atoms with E-state index in [1.54, 1.807) is 18.3 Å². The van der Waals surface area contributed by atoms with E-state index in [-0.39, 0.29) is 82.7 Å². The van der Waals surface area contributed by atoms with Crippen LogP contribution in [0.1, 0.15) is 89.2 Å². The molecule has 0 aliphatic heterocycles. The van der Waals surface area contributed by atoms with Crippen molar-refractivity contribution in [1.29, 1.82) is 0 Å². The van der Waals surface area contributed by atoms with Gasteiger partial charge >= 0.3 is 5.97 Å². The van der Waals surface area contributed by atoms with Crippen molar-refractivity contribution >= 4 is 64.1 Å². The Kier molecular flexibility index (Phi) is 25.0. The Morgan fingerprint density at radius 3 is 1.68 bits per heavy atom. The maximum atomic E-state index is 14.6. The number of nitrogens with two attached hydrogens (primary N) is 4. The highest BCUT2D eigenvalue weighted by Gasteiger charge is 2.34. The Balaban J connectivity index is 1.95. The van der Waals surface area contributed by atoms with Crippen molar-refractivity contribution < 1.29 is 53.4 Å². The van der Waals surface area contributed by atoms with Crippen LogP contribution < -0.4 is 60.2 Å². The number of nitrogens with one attached hydrogen (secondary N) is 8.